The molecule has 3 aromatic carbocycles. The first-order valence-corrected chi connectivity index (χ1v) is 12.9. The first-order valence-electron chi connectivity index (χ1n) is 11.8. The molecule has 1 saturated heterocycles. The zero-order valence-corrected chi connectivity index (χ0v) is 21.4. The molecule has 174 valence electrons. The van der Waals surface area contributed by atoms with Gasteiger partial charge in [-0.2, -0.15) is 5.10 Å². The number of fused-ring (bicyclic) bond motifs is 1. The van der Waals surface area contributed by atoms with Crippen molar-refractivity contribution in [2.75, 3.05) is 31.2 Å². The van der Waals surface area contributed by atoms with Crippen LogP contribution in [0.25, 0.3) is 11.0 Å². The molecule has 1 aliphatic rings. The minimum atomic E-state index is -0.621. The van der Waals surface area contributed by atoms with E-state index in [2.05, 4.69) is 134 Å². The number of hydrogen-bond acceptors (Lipinski definition) is 4. The highest BCUT2D eigenvalue weighted by Gasteiger charge is 2.40. The minimum Gasteiger partial charge on any atom is -0.378 e. The molecule has 5 aromatic rings. The predicted octanol–water partition coefficient (Wildman–Crippen LogP) is 5.71. The van der Waals surface area contributed by atoms with E-state index in [1.165, 1.54) is 16.7 Å². The topological polar surface area (TPSA) is 43.2 Å². The Hall–Kier alpha value is -3.23. The molecule has 2 aromatic heterocycles. The Kier molecular flexibility index (Phi) is 6.00. The number of morpholine rings is 1. The van der Waals surface area contributed by atoms with E-state index < -0.39 is 5.54 Å². The zero-order valence-electron chi connectivity index (χ0n) is 19.2. The van der Waals surface area contributed by atoms with Gasteiger partial charge in [0.05, 0.1) is 30.5 Å². The van der Waals surface area contributed by atoms with Crippen molar-refractivity contribution in [2.24, 2.45) is 0 Å². The Morgan fingerprint density at radius 2 is 1.26 bits per heavy atom. The third-order valence-electron chi connectivity index (χ3n) is 6.81. The fourth-order valence-electron chi connectivity index (χ4n) is 5.26. The number of nitrogens with zero attached hydrogens (tertiary/aromatic N) is 4. The lowest BCUT2D eigenvalue weighted by Gasteiger charge is -2.38. The molecular weight excluding hydrogens is 547 g/mol. The van der Waals surface area contributed by atoms with Gasteiger partial charge >= 0.3 is 0 Å². The van der Waals surface area contributed by atoms with E-state index in [1.807, 2.05) is 6.20 Å². The fourth-order valence-corrected chi connectivity index (χ4v) is 6.06. The molecule has 0 unspecified atom stereocenters. The van der Waals surface area contributed by atoms with Crippen LogP contribution in [0, 0.1) is 3.57 Å². The van der Waals surface area contributed by atoms with Gasteiger partial charge in [0.2, 0.25) is 0 Å². The number of ether oxygens (including phenoxy) is 1. The summed E-state index contributed by atoms with van der Waals surface area (Å²) in [5.74, 6) is 0. The molecule has 35 heavy (non-hydrogen) atoms. The van der Waals surface area contributed by atoms with Crippen molar-refractivity contribution in [3.05, 3.63) is 124 Å². The summed E-state index contributed by atoms with van der Waals surface area (Å²) < 4.78 is 9.09. The maximum atomic E-state index is 5.61. The normalized spacial score (nSPS) is 14.4. The molecular formula is C29H25IN4O. The Morgan fingerprint density at radius 1 is 0.743 bits per heavy atom. The molecule has 5 nitrogen and oxygen atoms in total. The maximum absolute atomic E-state index is 5.61. The summed E-state index contributed by atoms with van der Waals surface area (Å²) in [4.78, 5) is 2.36. The van der Waals surface area contributed by atoms with Crippen LogP contribution in [0.4, 0.5) is 5.69 Å². The third-order valence-corrected chi connectivity index (χ3v) is 7.63. The van der Waals surface area contributed by atoms with Crippen LogP contribution < -0.4 is 4.90 Å². The molecule has 6 heteroatoms. The maximum Gasteiger partial charge on any atom is 0.167 e. The number of rotatable bonds is 5. The molecule has 0 aliphatic carbocycles. The average molecular weight is 572 g/mol. The van der Waals surface area contributed by atoms with E-state index in [0.29, 0.717) is 0 Å². The van der Waals surface area contributed by atoms with Gasteiger partial charge in [-0.1, -0.05) is 91.0 Å². The number of halogens is 1. The van der Waals surface area contributed by atoms with Crippen molar-refractivity contribution in [3.8, 4) is 0 Å². The van der Waals surface area contributed by atoms with Crippen molar-refractivity contribution in [1.29, 1.82) is 0 Å². The van der Waals surface area contributed by atoms with Crippen LogP contribution in [0.2, 0.25) is 0 Å². The van der Waals surface area contributed by atoms with Gasteiger partial charge in [-0.3, -0.25) is 0 Å². The lowest BCUT2D eigenvalue weighted by Crippen LogP contribution is -2.38. The molecule has 0 atom stereocenters. The standard InChI is InChI=1S/C29H25IN4O/c30-25-21-34(28-27(25)26(20-31-32-28)33-16-18-35-19-17-33)29(22-10-4-1-5-11-22,23-12-6-2-7-13-23)24-14-8-3-9-15-24/h1-15,20-21H,16-19H2. The van der Waals surface area contributed by atoms with E-state index in [0.717, 1.165) is 46.6 Å². The highest BCUT2D eigenvalue weighted by atomic mass is 127. The van der Waals surface area contributed by atoms with E-state index >= 15 is 0 Å². The molecule has 1 aliphatic heterocycles. The second-order valence-electron chi connectivity index (χ2n) is 8.68. The van der Waals surface area contributed by atoms with E-state index in [1.54, 1.807) is 0 Å². The Bertz CT molecular complexity index is 1330. The van der Waals surface area contributed by atoms with Crippen LogP contribution in [0.15, 0.2) is 103 Å². The molecule has 0 N–H and O–H groups in total. The van der Waals surface area contributed by atoms with Gasteiger partial charge in [0.15, 0.2) is 5.65 Å². The van der Waals surface area contributed by atoms with Gasteiger partial charge in [-0.25, -0.2) is 0 Å². The molecule has 0 bridgehead atoms. The van der Waals surface area contributed by atoms with Gasteiger partial charge in [0.25, 0.3) is 0 Å². The first-order chi connectivity index (χ1) is 17.3. The summed E-state index contributed by atoms with van der Waals surface area (Å²) in [7, 11) is 0. The van der Waals surface area contributed by atoms with Crippen LogP contribution in [-0.4, -0.2) is 41.1 Å². The van der Waals surface area contributed by atoms with E-state index in [4.69, 9.17) is 9.84 Å². The number of benzene rings is 3. The second kappa shape index (κ2) is 9.43. The van der Waals surface area contributed by atoms with Crippen LogP contribution in [0.5, 0.6) is 0 Å². The lowest BCUT2D eigenvalue weighted by atomic mass is 9.76. The summed E-state index contributed by atoms with van der Waals surface area (Å²) in [6.07, 6.45) is 4.13. The van der Waals surface area contributed by atoms with Crippen molar-refractivity contribution in [2.45, 2.75) is 5.54 Å². The Labute approximate surface area is 218 Å². The van der Waals surface area contributed by atoms with Gasteiger partial charge in [0.1, 0.15) is 5.54 Å². The largest absolute Gasteiger partial charge is 0.378 e. The van der Waals surface area contributed by atoms with Gasteiger partial charge in [-0.05, 0) is 39.3 Å². The molecule has 6 rings (SSSR count). The van der Waals surface area contributed by atoms with Crippen LogP contribution in [0.3, 0.4) is 0 Å². The summed E-state index contributed by atoms with van der Waals surface area (Å²) >= 11 is 2.45. The molecule has 1 fully saturated rings. The SMILES string of the molecule is Ic1cn(C(c2ccccc2)(c2ccccc2)c2ccccc2)c2nncc(N3CCOCC3)c12. The predicted molar refractivity (Wildman–Crippen MR) is 148 cm³/mol. The molecule has 3 heterocycles. The number of hydrogen-bond donors (Lipinski definition) is 0. The lowest BCUT2D eigenvalue weighted by molar-refractivity contribution is 0.123. The van der Waals surface area contributed by atoms with E-state index in [9.17, 15) is 0 Å². The van der Waals surface area contributed by atoms with E-state index in [-0.39, 0.29) is 0 Å². The van der Waals surface area contributed by atoms with Crippen molar-refractivity contribution in [1.82, 2.24) is 14.8 Å². The highest BCUT2D eigenvalue weighted by Crippen LogP contribution is 2.44. The smallest absolute Gasteiger partial charge is 0.167 e. The molecule has 0 amide bonds. The summed E-state index contributed by atoms with van der Waals surface area (Å²) in [6, 6.07) is 32.1. The van der Waals surface area contributed by atoms with Gasteiger partial charge in [0, 0.05) is 22.9 Å². The van der Waals surface area contributed by atoms with Gasteiger partial charge < -0.3 is 14.2 Å². The fraction of sp³-hybridized carbons (Fsp3) is 0.172. The first kappa shape index (κ1) is 22.2. The average Bonchev–Trinajstić information content (AvgIpc) is 3.28. The van der Waals surface area contributed by atoms with Crippen LogP contribution in [0.1, 0.15) is 16.7 Å². The summed E-state index contributed by atoms with van der Waals surface area (Å²) in [6.45, 7) is 3.15. The van der Waals surface area contributed by atoms with Crippen molar-refractivity contribution >= 4 is 39.3 Å². The quantitative estimate of drug-likeness (QED) is 0.200. The summed E-state index contributed by atoms with van der Waals surface area (Å²) in [5, 5.41) is 10.4. The second-order valence-corrected chi connectivity index (χ2v) is 9.85. The molecule has 0 radical (unpaired) electrons. The van der Waals surface area contributed by atoms with Crippen LogP contribution in [-0.2, 0) is 10.3 Å². The highest BCUT2D eigenvalue weighted by molar-refractivity contribution is 14.1. The molecule has 0 spiro atoms. The van der Waals surface area contributed by atoms with Crippen molar-refractivity contribution in [3.63, 3.8) is 0 Å². The summed E-state index contributed by atoms with van der Waals surface area (Å²) in [5.41, 5.74) is 4.88. The third kappa shape index (κ3) is 3.72. The Morgan fingerprint density at radius 3 is 1.77 bits per heavy atom. The van der Waals surface area contributed by atoms with Gasteiger partial charge in [-0.15, -0.1) is 5.10 Å². The zero-order chi connectivity index (χ0) is 23.7. The minimum absolute atomic E-state index is 0.621. The number of anilines is 1. The van der Waals surface area contributed by atoms with Crippen molar-refractivity contribution < 1.29 is 4.74 Å². The Balaban J connectivity index is 1.71. The number of aromatic nitrogens is 3. The van der Waals surface area contributed by atoms with Crippen LogP contribution >= 0.6 is 22.6 Å². The molecule has 0 saturated carbocycles. The monoisotopic (exact) mass is 572 g/mol.